The van der Waals surface area contributed by atoms with E-state index in [1.807, 2.05) is 17.8 Å². The van der Waals surface area contributed by atoms with Gasteiger partial charge in [0.25, 0.3) is 0 Å². The third kappa shape index (κ3) is 2.17. The maximum absolute atomic E-state index is 5.61. The Labute approximate surface area is 120 Å². The molecule has 100 valence electrons. The molecule has 0 saturated heterocycles. The lowest BCUT2D eigenvalue weighted by atomic mass is 10.1. The van der Waals surface area contributed by atoms with Gasteiger partial charge in [0.1, 0.15) is 5.75 Å². The third-order valence-corrected chi connectivity index (χ3v) is 4.23. The van der Waals surface area contributed by atoms with E-state index in [9.17, 15) is 0 Å². The number of hydrogen-bond donors (Lipinski definition) is 1. The Hall–Kier alpha value is -1.33. The number of fused-ring (bicyclic) bond motifs is 1. The lowest BCUT2D eigenvalue weighted by molar-refractivity contribution is 0.357. The summed E-state index contributed by atoms with van der Waals surface area (Å²) in [7, 11) is 1.96. The molecular formula is C14H16BrN3O. The zero-order chi connectivity index (χ0) is 13.4. The number of halogens is 1. The highest BCUT2D eigenvalue weighted by molar-refractivity contribution is 9.10. The van der Waals surface area contributed by atoms with E-state index in [-0.39, 0.29) is 0 Å². The molecule has 3 rings (SSSR count). The summed E-state index contributed by atoms with van der Waals surface area (Å²) in [5.41, 5.74) is 10.2. The fourth-order valence-corrected chi connectivity index (χ4v) is 3.26. The Bertz CT molecular complexity index is 621. The molecule has 0 spiro atoms. The van der Waals surface area contributed by atoms with Crippen molar-refractivity contribution < 1.29 is 4.74 Å². The number of hydrogen-bond acceptors (Lipinski definition) is 3. The monoisotopic (exact) mass is 321 g/mol. The summed E-state index contributed by atoms with van der Waals surface area (Å²) in [6, 6.07) is 6.31. The van der Waals surface area contributed by atoms with Crippen molar-refractivity contribution in [1.82, 2.24) is 9.78 Å². The van der Waals surface area contributed by atoms with Crippen molar-refractivity contribution in [3.8, 4) is 17.0 Å². The summed E-state index contributed by atoms with van der Waals surface area (Å²) in [4.78, 5) is 0. The molecule has 0 saturated carbocycles. The van der Waals surface area contributed by atoms with Crippen LogP contribution in [-0.4, -0.2) is 22.9 Å². The molecule has 0 fully saturated rings. The van der Waals surface area contributed by atoms with Gasteiger partial charge in [0.2, 0.25) is 0 Å². The van der Waals surface area contributed by atoms with Crippen molar-refractivity contribution in [2.75, 3.05) is 13.2 Å². The number of aryl methyl sites for hydroxylation is 1. The van der Waals surface area contributed by atoms with E-state index in [1.54, 1.807) is 0 Å². The minimum absolute atomic E-state index is 0.604. The van der Waals surface area contributed by atoms with E-state index in [4.69, 9.17) is 10.5 Å². The summed E-state index contributed by atoms with van der Waals surface area (Å²) in [6.07, 6.45) is 1.76. The molecule has 0 bridgehead atoms. The molecule has 0 aliphatic carbocycles. The predicted octanol–water partition coefficient (Wildman–Crippen LogP) is 2.29. The average Bonchev–Trinajstić information content (AvgIpc) is 2.95. The molecule has 0 atom stereocenters. The van der Waals surface area contributed by atoms with Crippen molar-refractivity contribution in [2.24, 2.45) is 12.8 Å². The van der Waals surface area contributed by atoms with E-state index in [0.29, 0.717) is 6.54 Å². The highest BCUT2D eigenvalue weighted by Gasteiger charge is 2.18. The van der Waals surface area contributed by atoms with Gasteiger partial charge >= 0.3 is 0 Å². The van der Waals surface area contributed by atoms with Gasteiger partial charge < -0.3 is 10.5 Å². The molecule has 5 heteroatoms. The van der Waals surface area contributed by atoms with Crippen LogP contribution in [0.15, 0.2) is 22.7 Å². The molecule has 0 unspecified atom stereocenters. The van der Waals surface area contributed by atoms with Crippen LogP contribution in [0, 0.1) is 0 Å². The second-order valence-corrected chi connectivity index (χ2v) is 5.49. The molecule has 4 nitrogen and oxygen atoms in total. The van der Waals surface area contributed by atoms with Crippen LogP contribution in [0.25, 0.3) is 11.3 Å². The van der Waals surface area contributed by atoms with Crippen LogP contribution >= 0.6 is 15.9 Å². The SMILES string of the molecule is Cn1nc(CCN)c(Br)c1-c1ccc2c(c1)CCO2. The number of benzene rings is 1. The molecule has 1 aromatic heterocycles. The fourth-order valence-electron chi connectivity index (χ4n) is 2.50. The Morgan fingerprint density at radius 3 is 3.11 bits per heavy atom. The van der Waals surface area contributed by atoms with Gasteiger partial charge in [-0.25, -0.2) is 0 Å². The number of ether oxygens (including phenoxy) is 1. The maximum Gasteiger partial charge on any atom is 0.122 e. The second-order valence-electron chi connectivity index (χ2n) is 4.69. The first-order chi connectivity index (χ1) is 9.20. The van der Waals surface area contributed by atoms with Crippen LogP contribution in [0.2, 0.25) is 0 Å². The quantitative estimate of drug-likeness (QED) is 0.943. The third-order valence-electron chi connectivity index (χ3n) is 3.40. The van der Waals surface area contributed by atoms with Gasteiger partial charge in [-0.1, -0.05) is 0 Å². The first-order valence-electron chi connectivity index (χ1n) is 6.38. The Morgan fingerprint density at radius 2 is 2.32 bits per heavy atom. The van der Waals surface area contributed by atoms with Crippen LogP contribution in [0.1, 0.15) is 11.3 Å². The smallest absolute Gasteiger partial charge is 0.122 e. The van der Waals surface area contributed by atoms with Crippen molar-refractivity contribution in [2.45, 2.75) is 12.8 Å². The number of rotatable bonds is 3. The zero-order valence-electron chi connectivity index (χ0n) is 10.8. The summed E-state index contributed by atoms with van der Waals surface area (Å²) < 4.78 is 8.49. The van der Waals surface area contributed by atoms with E-state index >= 15 is 0 Å². The van der Waals surface area contributed by atoms with Crippen molar-refractivity contribution in [1.29, 1.82) is 0 Å². The maximum atomic E-state index is 5.61. The molecule has 1 aliphatic rings. The highest BCUT2D eigenvalue weighted by atomic mass is 79.9. The van der Waals surface area contributed by atoms with E-state index in [1.165, 1.54) is 5.56 Å². The van der Waals surface area contributed by atoms with Crippen LogP contribution in [-0.2, 0) is 19.9 Å². The van der Waals surface area contributed by atoms with Gasteiger partial charge in [-0.3, -0.25) is 4.68 Å². The summed E-state index contributed by atoms with van der Waals surface area (Å²) >= 11 is 3.65. The molecule has 2 heterocycles. The Morgan fingerprint density at radius 1 is 1.47 bits per heavy atom. The average molecular weight is 322 g/mol. The van der Waals surface area contributed by atoms with Crippen LogP contribution < -0.4 is 10.5 Å². The fraction of sp³-hybridized carbons (Fsp3) is 0.357. The summed E-state index contributed by atoms with van der Waals surface area (Å²) in [6.45, 7) is 1.39. The first kappa shape index (κ1) is 12.7. The lowest BCUT2D eigenvalue weighted by Gasteiger charge is -2.05. The lowest BCUT2D eigenvalue weighted by Crippen LogP contribution is -2.04. The van der Waals surface area contributed by atoms with Crippen molar-refractivity contribution in [3.05, 3.63) is 33.9 Å². The van der Waals surface area contributed by atoms with E-state index in [2.05, 4.69) is 33.2 Å². The minimum atomic E-state index is 0.604. The van der Waals surface area contributed by atoms with Crippen LogP contribution in [0.3, 0.4) is 0 Å². The van der Waals surface area contributed by atoms with Crippen molar-refractivity contribution in [3.63, 3.8) is 0 Å². The van der Waals surface area contributed by atoms with Crippen LogP contribution in [0.5, 0.6) is 5.75 Å². The predicted molar refractivity (Wildman–Crippen MR) is 78.3 cm³/mol. The number of aromatic nitrogens is 2. The normalized spacial score (nSPS) is 13.4. The standard InChI is InChI=1S/C14H16BrN3O/c1-18-14(13(15)11(17-18)4-6-16)10-2-3-12-9(8-10)5-7-19-12/h2-3,8H,4-7,16H2,1H3. The van der Waals surface area contributed by atoms with Gasteiger partial charge in [0, 0.05) is 25.5 Å². The number of nitrogens with two attached hydrogens (primary N) is 1. The van der Waals surface area contributed by atoms with Gasteiger partial charge in [-0.05, 0) is 46.2 Å². The van der Waals surface area contributed by atoms with Crippen molar-refractivity contribution >= 4 is 15.9 Å². The largest absolute Gasteiger partial charge is 0.493 e. The van der Waals surface area contributed by atoms with E-state index in [0.717, 1.165) is 46.6 Å². The molecule has 2 aromatic rings. The second kappa shape index (κ2) is 4.98. The van der Waals surface area contributed by atoms with Gasteiger partial charge in [-0.2, -0.15) is 5.10 Å². The summed E-state index contributed by atoms with van der Waals surface area (Å²) in [5, 5.41) is 4.53. The molecule has 1 aliphatic heterocycles. The molecular weight excluding hydrogens is 306 g/mol. The summed E-state index contributed by atoms with van der Waals surface area (Å²) in [5.74, 6) is 1.00. The molecule has 19 heavy (non-hydrogen) atoms. The van der Waals surface area contributed by atoms with E-state index < -0.39 is 0 Å². The van der Waals surface area contributed by atoms with Gasteiger partial charge in [0.15, 0.2) is 0 Å². The number of nitrogens with zero attached hydrogens (tertiary/aromatic N) is 2. The molecule has 0 amide bonds. The zero-order valence-corrected chi connectivity index (χ0v) is 12.4. The van der Waals surface area contributed by atoms with Gasteiger partial charge in [-0.15, -0.1) is 0 Å². The Balaban J connectivity index is 2.07. The highest BCUT2D eigenvalue weighted by Crippen LogP contribution is 2.35. The first-order valence-corrected chi connectivity index (χ1v) is 7.17. The topological polar surface area (TPSA) is 53.1 Å². The van der Waals surface area contributed by atoms with Crippen LogP contribution in [0.4, 0.5) is 0 Å². The van der Waals surface area contributed by atoms with Gasteiger partial charge in [0.05, 0.1) is 22.5 Å². The molecule has 1 aromatic carbocycles. The minimum Gasteiger partial charge on any atom is -0.493 e. The Kier molecular flexibility index (Phi) is 3.33. The molecule has 2 N–H and O–H groups in total. The molecule has 0 radical (unpaired) electrons.